The summed E-state index contributed by atoms with van der Waals surface area (Å²) in [6.45, 7) is 13.5. The zero-order valence-electron chi connectivity index (χ0n) is 10.2. The number of esters is 2. The molecule has 4 heteroatoms. The first-order chi connectivity index (χ1) is 7.18. The molecular weight excluding hydrogens is 208 g/mol. The van der Waals surface area contributed by atoms with E-state index in [4.69, 9.17) is 9.47 Å². The number of hydrogen-bond donors (Lipinski definition) is 0. The first-order valence-corrected chi connectivity index (χ1v) is 4.88. The van der Waals surface area contributed by atoms with Gasteiger partial charge in [-0.3, -0.25) is 4.79 Å². The fraction of sp³-hybridized carbons (Fsp3) is 0.500. The molecule has 0 rings (SSSR count). The second-order valence-corrected chi connectivity index (χ2v) is 4.45. The molecule has 0 aromatic carbocycles. The van der Waals surface area contributed by atoms with Crippen LogP contribution in [-0.4, -0.2) is 18.2 Å². The second-order valence-electron chi connectivity index (χ2n) is 4.45. The SMILES string of the molecule is C=CC(OC(=O)C(=C)C)OC(=O)C(C)(C)C. The van der Waals surface area contributed by atoms with Crippen molar-refractivity contribution in [1.82, 2.24) is 0 Å². The van der Waals surface area contributed by atoms with Crippen molar-refractivity contribution < 1.29 is 19.1 Å². The first kappa shape index (κ1) is 14.4. The summed E-state index contributed by atoms with van der Waals surface area (Å²) in [4.78, 5) is 22.7. The molecule has 0 saturated carbocycles. The van der Waals surface area contributed by atoms with Crippen molar-refractivity contribution in [3.63, 3.8) is 0 Å². The molecule has 0 aromatic heterocycles. The van der Waals surface area contributed by atoms with Crippen LogP contribution in [0.1, 0.15) is 27.7 Å². The number of rotatable bonds is 4. The van der Waals surface area contributed by atoms with Crippen LogP contribution >= 0.6 is 0 Å². The highest BCUT2D eigenvalue weighted by Crippen LogP contribution is 2.17. The minimum atomic E-state index is -1.07. The number of hydrogen-bond acceptors (Lipinski definition) is 4. The maximum atomic E-state index is 11.5. The van der Waals surface area contributed by atoms with Crippen LogP contribution in [0.2, 0.25) is 0 Å². The van der Waals surface area contributed by atoms with Gasteiger partial charge in [-0.25, -0.2) is 4.79 Å². The van der Waals surface area contributed by atoms with Gasteiger partial charge in [-0.15, -0.1) is 0 Å². The van der Waals surface area contributed by atoms with Crippen molar-refractivity contribution in [3.05, 3.63) is 24.8 Å². The van der Waals surface area contributed by atoms with Crippen LogP contribution in [0.15, 0.2) is 24.8 Å². The summed E-state index contributed by atoms with van der Waals surface area (Å²) in [5.74, 6) is -1.08. The summed E-state index contributed by atoms with van der Waals surface area (Å²) < 4.78 is 9.77. The van der Waals surface area contributed by atoms with E-state index in [-0.39, 0.29) is 5.57 Å². The van der Waals surface area contributed by atoms with Crippen LogP contribution in [0.5, 0.6) is 0 Å². The van der Waals surface area contributed by atoms with Crippen molar-refractivity contribution in [3.8, 4) is 0 Å². The molecule has 0 N–H and O–H groups in total. The predicted molar refractivity (Wildman–Crippen MR) is 60.4 cm³/mol. The molecule has 0 bridgehead atoms. The maximum absolute atomic E-state index is 11.5. The van der Waals surface area contributed by atoms with E-state index < -0.39 is 23.6 Å². The van der Waals surface area contributed by atoms with Crippen LogP contribution in [-0.2, 0) is 19.1 Å². The summed E-state index contributed by atoms with van der Waals surface area (Å²) >= 11 is 0. The third-order valence-electron chi connectivity index (χ3n) is 1.60. The van der Waals surface area contributed by atoms with Crippen LogP contribution < -0.4 is 0 Å². The number of carbonyl (C=O) groups excluding carboxylic acids is 2. The van der Waals surface area contributed by atoms with Gasteiger partial charge in [0.05, 0.1) is 5.41 Å². The highest BCUT2D eigenvalue weighted by atomic mass is 16.7. The Morgan fingerprint density at radius 1 is 1.25 bits per heavy atom. The fourth-order valence-corrected chi connectivity index (χ4v) is 0.609. The van der Waals surface area contributed by atoms with Gasteiger partial charge in [-0.1, -0.05) is 13.2 Å². The average molecular weight is 226 g/mol. The lowest BCUT2D eigenvalue weighted by molar-refractivity contribution is -0.183. The number of carbonyl (C=O) groups is 2. The fourth-order valence-electron chi connectivity index (χ4n) is 0.609. The van der Waals surface area contributed by atoms with E-state index in [2.05, 4.69) is 13.2 Å². The molecule has 90 valence electrons. The Kier molecular flexibility index (Phi) is 4.95. The monoisotopic (exact) mass is 226 g/mol. The number of ether oxygens (including phenoxy) is 2. The van der Waals surface area contributed by atoms with Crippen molar-refractivity contribution in [1.29, 1.82) is 0 Å². The Balaban J connectivity index is 4.44. The third kappa shape index (κ3) is 4.77. The molecule has 0 fully saturated rings. The quantitative estimate of drug-likeness (QED) is 0.319. The predicted octanol–water partition coefficient (Wildman–Crippen LogP) is 2.21. The lowest BCUT2D eigenvalue weighted by Gasteiger charge is -2.21. The van der Waals surface area contributed by atoms with E-state index in [1.807, 2.05) is 0 Å². The largest absolute Gasteiger partial charge is 0.421 e. The van der Waals surface area contributed by atoms with Gasteiger partial charge in [0.1, 0.15) is 0 Å². The zero-order chi connectivity index (χ0) is 12.9. The molecule has 1 atom stereocenters. The summed E-state index contributed by atoms with van der Waals surface area (Å²) in [7, 11) is 0. The standard InChI is InChI=1S/C12H18O4/c1-7-9(15-10(13)8(2)3)16-11(14)12(4,5)6/h7,9H,1-2H2,3-6H3. The minimum Gasteiger partial charge on any atom is -0.421 e. The Labute approximate surface area is 95.9 Å². The molecule has 4 nitrogen and oxygen atoms in total. The van der Waals surface area contributed by atoms with Crippen LogP contribution in [0.4, 0.5) is 0 Å². The molecule has 0 amide bonds. The first-order valence-electron chi connectivity index (χ1n) is 4.88. The summed E-state index contributed by atoms with van der Waals surface area (Å²) in [5.41, 5.74) is -0.421. The van der Waals surface area contributed by atoms with Crippen molar-refractivity contribution in [2.24, 2.45) is 5.41 Å². The molecule has 16 heavy (non-hydrogen) atoms. The Hall–Kier alpha value is -1.58. The average Bonchev–Trinajstić information content (AvgIpc) is 2.14. The molecule has 0 heterocycles. The summed E-state index contributed by atoms with van der Waals surface area (Å²) in [5, 5.41) is 0. The molecule has 0 aliphatic carbocycles. The zero-order valence-corrected chi connectivity index (χ0v) is 10.2. The topological polar surface area (TPSA) is 52.6 Å². The van der Waals surface area contributed by atoms with E-state index in [1.54, 1.807) is 20.8 Å². The molecule has 0 aliphatic rings. The highest BCUT2D eigenvalue weighted by molar-refractivity contribution is 5.87. The third-order valence-corrected chi connectivity index (χ3v) is 1.60. The molecular formula is C12H18O4. The Bertz CT molecular complexity index is 309. The summed E-state index contributed by atoms with van der Waals surface area (Å²) in [6.07, 6.45) is 0.167. The normalized spacial score (nSPS) is 12.5. The van der Waals surface area contributed by atoms with Crippen LogP contribution in [0, 0.1) is 5.41 Å². The van der Waals surface area contributed by atoms with Gasteiger partial charge in [0.25, 0.3) is 6.29 Å². The van der Waals surface area contributed by atoms with Gasteiger partial charge < -0.3 is 9.47 Å². The Morgan fingerprint density at radius 2 is 1.75 bits per heavy atom. The Morgan fingerprint density at radius 3 is 2.06 bits per heavy atom. The highest BCUT2D eigenvalue weighted by Gasteiger charge is 2.26. The molecule has 0 spiro atoms. The molecule has 0 aromatic rings. The van der Waals surface area contributed by atoms with Gasteiger partial charge >= 0.3 is 11.9 Å². The molecule has 0 saturated heterocycles. The molecule has 0 aliphatic heterocycles. The molecule has 0 radical (unpaired) electrons. The van der Waals surface area contributed by atoms with Gasteiger partial charge in [0.2, 0.25) is 0 Å². The van der Waals surface area contributed by atoms with E-state index in [0.29, 0.717) is 0 Å². The minimum absolute atomic E-state index is 0.235. The van der Waals surface area contributed by atoms with E-state index in [0.717, 1.165) is 0 Å². The lowest BCUT2D eigenvalue weighted by atomic mass is 9.97. The van der Waals surface area contributed by atoms with Gasteiger partial charge in [0.15, 0.2) is 0 Å². The van der Waals surface area contributed by atoms with E-state index in [9.17, 15) is 9.59 Å². The van der Waals surface area contributed by atoms with Gasteiger partial charge in [-0.2, -0.15) is 0 Å². The van der Waals surface area contributed by atoms with Crippen LogP contribution in [0.3, 0.4) is 0 Å². The van der Waals surface area contributed by atoms with Crippen LogP contribution in [0.25, 0.3) is 0 Å². The van der Waals surface area contributed by atoms with Crippen molar-refractivity contribution in [2.75, 3.05) is 0 Å². The lowest BCUT2D eigenvalue weighted by Crippen LogP contribution is -2.30. The summed E-state index contributed by atoms with van der Waals surface area (Å²) in [6, 6.07) is 0. The maximum Gasteiger partial charge on any atom is 0.336 e. The van der Waals surface area contributed by atoms with Gasteiger partial charge in [-0.05, 0) is 33.8 Å². The molecule has 1 unspecified atom stereocenters. The van der Waals surface area contributed by atoms with E-state index in [1.165, 1.54) is 13.0 Å². The second kappa shape index (κ2) is 5.49. The van der Waals surface area contributed by atoms with Gasteiger partial charge in [0, 0.05) is 5.57 Å². The van der Waals surface area contributed by atoms with Crippen molar-refractivity contribution in [2.45, 2.75) is 34.0 Å². The van der Waals surface area contributed by atoms with Crippen molar-refractivity contribution >= 4 is 11.9 Å². The van der Waals surface area contributed by atoms with E-state index >= 15 is 0 Å². The smallest absolute Gasteiger partial charge is 0.336 e.